The smallest absolute Gasteiger partial charge is 0.266 e. The summed E-state index contributed by atoms with van der Waals surface area (Å²) in [5.41, 5.74) is 2.31. The van der Waals surface area contributed by atoms with Crippen LogP contribution in [0.1, 0.15) is 12.7 Å². The third kappa shape index (κ3) is 4.97. The summed E-state index contributed by atoms with van der Waals surface area (Å²) in [5.74, 6) is 0.591. The Hall–Kier alpha value is -3.96. The molecule has 1 amide bonds. The van der Waals surface area contributed by atoms with Crippen LogP contribution >= 0.6 is 11.8 Å². The first-order valence-corrected chi connectivity index (χ1v) is 10.3. The summed E-state index contributed by atoms with van der Waals surface area (Å²) in [6, 6.07) is 20.1. The highest BCUT2D eigenvalue weighted by Crippen LogP contribution is 2.29. The Morgan fingerprint density at radius 2 is 2.03 bits per heavy atom. The third-order valence-electron chi connectivity index (χ3n) is 4.24. The molecule has 4 rings (SSSR count). The number of rotatable bonds is 7. The SMILES string of the molecule is CCOc1ccc(NC(=O)/C(C#N)=C\c2ccc(Sc3nc4ccccc4[nH]3)o2)cc1. The van der Waals surface area contributed by atoms with Crippen molar-refractivity contribution in [2.45, 2.75) is 17.2 Å². The molecule has 0 saturated heterocycles. The van der Waals surface area contributed by atoms with Crippen LogP contribution in [0.3, 0.4) is 0 Å². The summed E-state index contributed by atoms with van der Waals surface area (Å²) in [6.07, 6.45) is 1.41. The molecule has 154 valence electrons. The molecule has 7 nitrogen and oxygen atoms in total. The first-order valence-electron chi connectivity index (χ1n) is 9.53. The molecule has 2 aromatic heterocycles. The van der Waals surface area contributed by atoms with Crippen molar-refractivity contribution in [1.82, 2.24) is 9.97 Å². The molecule has 8 heteroatoms. The van der Waals surface area contributed by atoms with Gasteiger partial charge in [-0.1, -0.05) is 12.1 Å². The van der Waals surface area contributed by atoms with Crippen LogP contribution in [-0.4, -0.2) is 22.5 Å². The standard InChI is InChI=1S/C23H18N4O3S/c1-2-29-17-9-7-16(8-10-17)25-22(28)15(14-24)13-18-11-12-21(30-18)31-23-26-19-5-3-4-6-20(19)27-23/h3-13H,2H2,1H3,(H,25,28)(H,26,27)/b15-13-. The molecule has 0 bridgehead atoms. The lowest BCUT2D eigenvalue weighted by atomic mass is 10.2. The highest BCUT2D eigenvalue weighted by Gasteiger charge is 2.12. The van der Waals surface area contributed by atoms with Crippen LogP contribution < -0.4 is 10.1 Å². The third-order valence-corrected chi connectivity index (χ3v) is 5.05. The maximum atomic E-state index is 12.5. The lowest BCUT2D eigenvalue weighted by Gasteiger charge is -2.06. The average Bonchev–Trinajstić information content (AvgIpc) is 3.39. The normalized spacial score (nSPS) is 11.3. The summed E-state index contributed by atoms with van der Waals surface area (Å²) in [4.78, 5) is 20.2. The Morgan fingerprint density at radius 1 is 1.23 bits per heavy atom. The van der Waals surface area contributed by atoms with E-state index in [1.165, 1.54) is 17.8 Å². The zero-order valence-electron chi connectivity index (χ0n) is 16.6. The second-order valence-corrected chi connectivity index (χ2v) is 7.39. The summed E-state index contributed by atoms with van der Waals surface area (Å²) in [6.45, 7) is 2.46. The van der Waals surface area contributed by atoms with Gasteiger partial charge in [-0.25, -0.2) is 4.98 Å². The van der Waals surface area contributed by atoms with Crippen molar-refractivity contribution in [3.63, 3.8) is 0 Å². The average molecular weight is 430 g/mol. The van der Waals surface area contributed by atoms with Crippen LogP contribution in [0.2, 0.25) is 0 Å². The topological polar surface area (TPSA) is 104 Å². The predicted octanol–water partition coefficient (Wildman–Crippen LogP) is 5.25. The Kier molecular flexibility index (Phi) is 6.05. The van der Waals surface area contributed by atoms with Crippen molar-refractivity contribution in [2.75, 3.05) is 11.9 Å². The summed E-state index contributed by atoms with van der Waals surface area (Å²) < 4.78 is 11.1. The number of amides is 1. The minimum Gasteiger partial charge on any atom is -0.494 e. The number of nitrogens with one attached hydrogen (secondary N) is 2. The number of aromatic amines is 1. The maximum absolute atomic E-state index is 12.5. The second-order valence-electron chi connectivity index (χ2n) is 6.40. The number of nitrogens with zero attached hydrogens (tertiary/aromatic N) is 2. The zero-order valence-corrected chi connectivity index (χ0v) is 17.4. The number of fused-ring (bicyclic) bond motifs is 1. The van der Waals surface area contributed by atoms with Gasteiger partial charge < -0.3 is 19.5 Å². The van der Waals surface area contributed by atoms with E-state index in [2.05, 4.69) is 15.3 Å². The minimum absolute atomic E-state index is 0.0662. The first-order chi connectivity index (χ1) is 15.1. The van der Waals surface area contributed by atoms with Crippen LogP contribution in [0.25, 0.3) is 17.1 Å². The summed E-state index contributed by atoms with van der Waals surface area (Å²) >= 11 is 1.33. The number of carbonyl (C=O) groups is 1. The van der Waals surface area contributed by atoms with Crippen LogP contribution in [0.15, 0.2) is 80.9 Å². The van der Waals surface area contributed by atoms with Crippen LogP contribution in [-0.2, 0) is 4.79 Å². The quantitative estimate of drug-likeness (QED) is 0.306. The van der Waals surface area contributed by atoms with Crippen molar-refractivity contribution < 1.29 is 13.9 Å². The van der Waals surface area contributed by atoms with E-state index < -0.39 is 5.91 Å². The highest BCUT2D eigenvalue weighted by molar-refractivity contribution is 7.99. The summed E-state index contributed by atoms with van der Waals surface area (Å²) in [5, 5.41) is 13.4. The largest absolute Gasteiger partial charge is 0.494 e. The van der Waals surface area contributed by atoms with Gasteiger partial charge in [0.25, 0.3) is 5.91 Å². The number of hydrogen-bond acceptors (Lipinski definition) is 6. The molecule has 0 aliphatic heterocycles. The van der Waals surface area contributed by atoms with Gasteiger partial charge in [0.05, 0.1) is 17.6 Å². The van der Waals surface area contributed by atoms with Crippen molar-refractivity contribution in [3.05, 3.63) is 72.0 Å². The molecule has 0 radical (unpaired) electrons. The van der Waals surface area contributed by atoms with Gasteiger partial charge in [-0.05, 0) is 67.2 Å². The maximum Gasteiger partial charge on any atom is 0.266 e. The molecule has 0 saturated carbocycles. The zero-order chi connectivity index (χ0) is 21.6. The van der Waals surface area contributed by atoms with Crippen molar-refractivity contribution in [3.8, 4) is 11.8 Å². The van der Waals surface area contributed by atoms with Crippen LogP contribution in [0, 0.1) is 11.3 Å². The lowest BCUT2D eigenvalue weighted by Crippen LogP contribution is -2.13. The Labute approximate surface area is 182 Å². The van der Waals surface area contributed by atoms with Gasteiger partial charge in [0.1, 0.15) is 23.2 Å². The molecule has 0 unspecified atom stereocenters. The minimum atomic E-state index is -0.519. The van der Waals surface area contributed by atoms with E-state index in [-0.39, 0.29) is 5.57 Å². The molecule has 0 spiro atoms. The first kappa shape index (κ1) is 20.3. The monoisotopic (exact) mass is 430 g/mol. The number of hydrogen-bond donors (Lipinski definition) is 2. The van der Waals surface area contributed by atoms with E-state index in [9.17, 15) is 10.1 Å². The predicted molar refractivity (Wildman–Crippen MR) is 119 cm³/mol. The molecular weight excluding hydrogens is 412 g/mol. The number of benzene rings is 2. The number of furan rings is 1. The molecule has 2 heterocycles. The van der Waals surface area contributed by atoms with E-state index in [4.69, 9.17) is 9.15 Å². The Morgan fingerprint density at radius 3 is 2.77 bits per heavy atom. The fraction of sp³-hybridized carbons (Fsp3) is 0.0870. The van der Waals surface area contributed by atoms with Crippen molar-refractivity contribution in [2.24, 2.45) is 0 Å². The van der Waals surface area contributed by atoms with Gasteiger partial charge in [-0.15, -0.1) is 0 Å². The summed E-state index contributed by atoms with van der Waals surface area (Å²) in [7, 11) is 0. The van der Waals surface area contributed by atoms with Gasteiger partial charge in [0.2, 0.25) is 0 Å². The number of imidazole rings is 1. The Bertz CT molecular complexity index is 1250. The number of aromatic nitrogens is 2. The number of para-hydroxylation sites is 2. The number of nitriles is 1. The van der Waals surface area contributed by atoms with Crippen molar-refractivity contribution in [1.29, 1.82) is 5.26 Å². The van der Waals surface area contributed by atoms with Gasteiger partial charge in [-0.3, -0.25) is 4.79 Å². The van der Waals surface area contributed by atoms with Gasteiger partial charge >= 0.3 is 0 Å². The van der Waals surface area contributed by atoms with Gasteiger partial charge in [-0.2, -0.15) is 5.26 Å². The number of ether oxygens (including phenoxy) is 1. The van der Waals surface area contributed by atoms with Crippen molar-refractivity contribution >= 4 is 40.5 Å². The Balaban J connectivity index is 1.44. The van der Waals surface area contributed by atoms with E-state index in [1.54, 1.807) is 36.4 Å². The van der Waals surface area contributed by atoms with Gasteiger partial charge in [0, 0.05) is 11.8 Å². The number of carbonyl (C=O) groups excluding carboxylic acids is 1. The van der Waals surface area contributed by atoms with E-state index in [1.807, 2.05) is 37.3 Å². The lowest BCUT2D eigenvalue weighted by molar-refractivity contribution is -0.112. The molecule has 0 aliphatic rings. The fourth-order valence-electron chi connectivity index (χ4n) is 2.83. The molecule has 4 aromatic rings. The second kappa shape index (κ2) is 9.24. The molecular formula is C23H18N4O3S. The molecule has 2 aromatic carbocycles. The van der Waals surface area contributed by atoms with E-state index >= 15 is 0 Å². The van der Waals surface area contributed by atoms with Gasteiger partial charge in [0.15, 0.2) is 10.2 Å². The van der Waals surface area contributed by atoms with E-state index in [0.29, 0.717) is 34.1 Å². The van der Waals surface area contributed by atoms with Crippen LogP contribution in [0.5, 0.6) is 5.75 Å². The van der Waals surface area contributed by atoms with E-state index in [0.717, 1.165) is 11.0 Å². The molecule has 31 heavy (non-hydrogen) atoms. The number of H-pyrrole nitrogens is 1. The van der Waals surface area contributed by atoms with Crippen LogP contribution in [0.4, 0.5) is 5.69 Å². The molecule has 0 fully saturated rings. The highest BCUT2D eigenvalue weighted by atomic mass is 32.2. The number of anilines is 1. The molecule has 0 aliphatic carbocycles. The molecule has 2 N–H and O–H groups in total. The molecule has 0 atom stereocenters. The fourth-order valence-corrected chi connectivity index (χ4v) is 3.60.